The van der Waals surface area contributed by atoms with Gasteiger partial charge in [0.25, 0.3) is 0 Å². The van der Waals surface area contributed by atoms with Crippen molar-refractivity contribution in [1.82, 2.24) is 15.5 Å². The normalized spacial score (nSPS) is 19.2. The zero-order valence-electron chi connectivity index (χ0n) is 16.7. The van der Waals surface area contributed by atoms with Gasteiger partial charge in [-0.1, -0.05) is 13.8 Å². The van der Waals surface area contributed by atoms with Crippen LogP contribution >= 0.6 is 24.0 Å². The number of nitrogens with zero attached hydrogens (tertiary/aromatic N) is 2. The summed E-state index contributed by atoms with van der Waals surface area (Å²) >= 11 is 0. The van der Waals surface area contributed by atoms with E-state index in [1.54, 1.807) is 0 Å². The third kappa shape index (κ3) is 12.0. The highest BCUT2D eigenvalue weighted by Crippen LogP contribution is 2.12. The van der Waals surface area contributed by atoms with Gasteiger partial charge in [-0.2, -0.15) is 0 Å². The van der Waals surface area contributed by atoms with Crippen molar-refractivity contribution in [2.75, 3.05) is 60.7 Å². The molecule has 1 saturated heterocycles. The summed E-state index contributed by atoms with van der Waals surface area (Å²) in [6, 6.07) is 0.514. The quantitative estimate of drug-likeness (QED) is 0.210. The van der Waals surface area contributed by atoms with E-state index in [0.29, 0.717) is 17.9 Å². The topological polar surface area (TPSA) is 58.1 Å². The molecule has 1 rings (SSSR count). The van der Waals surface area contributed by atoms with Crippen LogP contribution in [0.1, 0.15) is 33.1 Å². The minimum Gasteiger partial charge on any atom is -0.381 e. The number of hydrogen-bond acceptors (Lipinski definition) is 4. The van der Waals surface area contributed by atoms with Crippen LogP contribution in [0, 0.1) is 11.8 Å². The molecule has 25 heavy (non-hydrogen) atoms. The maximum Gasteiger partial charge on any atom is 0.191 e. The van der Waals surface area contributed by atoms with Gasteiger partial charge in [0.1, 0.15) is 0 Å². The lowest BCUT2D eigenvalue weighted by Gasteiger charge is -2.27. The molecular formula is C18H39IN4O2. The molecule has 0 bridgehead atoms. The number of halogens is 1. The minimum absolute atomic E-state index is 0. The van der Waals surface area contributed by atoms with E-state index in [9.17, 15) is 0 Å². The molecule has 0 spiro atoms. The van der Waals surface area contributed by atoms with Crippen LogP contribution in [-0.2, 0) is 9.47 Å². The molecule has 0 amide bonds. The number of aliphatic imine (C=N–C) groups is 1. The van der Waals surface area contributed by atoms with E-state index in [0.717, 1.165) is 58.3 Å². The lowest BCUT2D eigenvalue weighted by molar-refractivity contribution is 0.0888. The van der Waals surface area contributed by atoms with Gasteiger partial charge in [0.05, 0.1) is 13.2 Å². The molecule has 7 heteroatoms. The molecule has 2 unspecified atom stereocenters. The first-order valence-corrected chi connectivity index (χ1v) is 9.29. The smallest absolute Gasteiger partial charge is 0.191 e. The predicted octanol–water partition coefficient (Wildman–Crippen LogP) is 2.19. The van der Waals surface area contributed by atoms with E-state index in [4.69, 9.17) is 9.47 Å². The molecule has 0 aliphatic carbocycles. The fraction of sp³-hybridized carbons (Fsp3) is 0.944. The Morgan fingerprint density at radius 3 is 2.64 bits per heavy atom. The molecule has 150 valence electrons. The van der Waals surface area contributed by atoms with Crippen LogP contribution < -0.4 is 10.6 Å². The van der Waals surface area contributed by atoms with Crippen molar-refractivity contribution >= 4 is 29.9 Å². The van der Waals surface area contributed by atoms with Gasteiger partial charge in [-0.05, 0) is 39.3 Å². The summed E-state index contributed by atoms with van der Waals surface area (Å²) in [5, 5.41) is 6.79. The Kier molecular flexibility index (Phi) is 14.9. The van der Waals surface area contributed by atoms with E-state index in [-0.39, 0.29) is 24.0 Å². The highest BCUT2D eigenvalue weighted by atomic mass is 127. The SMILES string of the molecule is CN=C(NCCCOCC1CCOC1)NCC(CC(C)C)N(C)C.I. The second-order valence-electron chi connectivity index (χ2n) is 7.28. The Morgan fingerprint density at radius 2 is 2.08 bits per heavy atom. The van der Waals surface area contributed by atoms with Gasteiger partial charge in [0.2, 0.25) is 0 Å². The second kappa shape index (κ2) is 15.0. The van der Waals surface area contributed by atoms with Crippen LogP contribution in [0.3, 0.4) is 0 Å². The molecule has 1 aliphatic heterocycles. The summed E-state index contributed by atoms with van der Waals surface area (Å²) in [5.74, 6) is 2.16. The van der Waals surface area contributed by atoms with Crippen molar-refractivity contribution in [1.29, 1.82) is 0 Å². The summed E-state index contributed by atoms with van der Waals surface area (Å²) in [6.45, 7) is 9.67. The standard InChI is InChI=1S/C18H38N4O2.HI/c1-15(2)11-17(22(4)5)12-21-18(19-3)20-8-6-9-23-13-16-7-10-24-14-16;/h15-17H,6-14H2,1-5H3,(H2,19,20,21);1H. The summed E-state index contributed by atoms with van der Waals surface area (Å²) in [6.07, 6.45) is 3.30. The molecular weight excluding hydrogens is 431 g/mol. The molecule has 6 nitrogen and oxygen atoms in total. The maximum absolute atomic E-state index is 5.72. The van der Waals surface area contributed by atoms with E-state index >= 15 is 0 Å². The monoisotopic (exact) mass is 470 g/mol. The Hall–Kier alpha value is -0.120. The minimum atomic E-state index is 0. The maximum atomic E-state index is 5.72. The number of likely N-dealkylation sites (N-methyl/N-ethyl adjacent to an activating group) is 1. The lowest BCUT2D eigenvalue weighted by Crippen LogP contribution is -2.45. The molecule has 0 saturated carbocycles. The number of guanidine groups is 1. The Bertz CT molecular complexity index is 348. The summed E-state index contributed by atoms with van der Waals surface area (Å²) < 4.78 is 11.1. The predicted molar refractivity (Wildman–Crippen MR) is 116 cm³/mol. The third-order valence-corrected chi connectivity index (χ3v) is 4.34. The van der Waals surface area contributed by atoms with Crippen molar-refractivity contribution in [2.24, 2.45) is 16.8 Å². The van der Waals surface area contributed by atoms with Crippen molar-refractivity contribution < 1.29 is 9.47 Å². The molecule has 0 radical (unpaired) electrons. The van der Waals surface area contributed by atoms with Gasteiger partial charge < -0.3 is 25.0 Å². The van der Waals surface area contributed by atoms with Crippen molar-refractivity contribution in [3.63, 3.8) is 0 Å². The summed E-state index contributed by atoms with van der Waals surface area (Å²) in [7, 11) is 6.09. The third-order valence-electron chi connectivity index (χ3n) is 4.34. The molecule has 0 aromatic heterocycles. The number of hydrogen-bond donors (Lipinski definition) is 2. The van der Waals surface area contributed by atoms with E-state index in [1.807, 2.05) is 7.05 Å². The molecule has 2 atom stereocenters. The zero-order chi connectivity index (χ0) is 17.8. The van der Waals surface area contributed by atoms with Gasteiger partial charge in [0, 0.05) is 45.3 Å². The number of rotatable bonds is 11. The molecule has 0 aromatic carbocycles. The van der Waals surface area contributed by atoms with E-state index in [1.165, 1.54) is 6.42 Å². The Morgan fingerprint density at radius 1 is 1.32 bits per heavy atom. The van der Waals surface area contributed by atoms with Crippen LogP contribution in [0.4, 0.5) is 0 Å². The molecule has 0 aromatic rings. The van der Waals surface area contributed by atoms with Crippen LogP contribution in [0.15, 0.2) is 4.99 Å². The molecule has 1 aliphatic rings. The van der Waals surface area contributed by atoms with Crippen molar-refractivity contribution in [3.05, 3.63) is 0 Å². The fourth-order valence-corrected chi connectivity index (χ4v) is 2.80. The van der Waals surface area contributed by atoms with Crippen LogP contribution in [0.5, 0.6) is 0 Å². The molecule has 1 heterocycles. The van der Waals surface area contributed by atoms with Crippen LogP contribution in [-0.4, -0.2) is 77.6 Å². The van der Waals surface area contributed by atoms with Crippen LogP contribution in [0.2, 0.25) is 0 Å². The van der Waals surface area contributed by atoms with Gasteiger partial charge in [-0.25, -0.2) is 0 Å². The Labute approximate surface area is 171 Å². The average molecular weight is 470 g/mol. The highest BCUT2D eigenvalue weighted by molar-refractivity contribution is 14.0. The largest absolute Gasteiger partial charge is 0.381 e. The second-order valence-corrected chi connectivity index (χ2v) is 7.28. The number of nitrogens with one attached hydrogen (secondary N) is 2. The highest BCUT2D eigenvalue weighted by Gasteiger charge is 2.15. The number of ether oxygens (including phenoxy) is 2. The Balaban J connectivity index is 0.00000576. The van der Waals surface area contributed by atoms with Gasteiger partial charge in [-0.15, -0.1) is 24.0 Å². The van der Waals surface area contributed by atoms with Gasteiger partial charge in [0.15, 0.2) is 5.96 Å². The van der Waals surface area contributed by atoms with Crippen LogP contribution in [0.25, 0.3) is 0 Å². The average Bonchev–Trinajstić information content (AvgIpc) is 3.05. The fourth-order valence-electron chi connectivity index (χ4n) is 2.80. The van der Waals surface area contributed by atoms with Crippen molar-refractivity contribution in [2.45, 2.75) is 39.2 Å². The first-order chi connectivity index (χ1) is 11.5. The van der Waals surface area contributed by atoms with Crippen molar-refractivity contribution in [3.8, 4) is 0 Å². The van der Waals surface area contributed by atoms with E-state index < -0.39 is 0 Å². The van der Waals surface area contributed by atoms with E-state index in [2.05, 4.69) is 48.5 Å². The summed E-state index contributed by atoms with van der Waals surface area (Å²) in [4.78, 5) is 6.58. The molecule has 1 fully saturated rings. The first-order valence-electron chi connectivity index (χ1n) is 9.29. The van der Waals surface area contributed by atoms with Gasteiger partial charge in [-0.3, -0.25) is 4.99 Å². The summed E-state index contributed by atoms with van der Waals surface area (Å²) in [5.41, 5.74) is 0. The first kappa shape index (κ1) is 24.9. The van der Waals surface area contributed by atoms with Gasteiger partial charge >= 0.3 is 0 Å². The molecule has 2 N–H and O–H groups in total. The zero-order valence-corrected chi connectivity index (χ0v) is 19.0. The lowest BCUT2D eigenvalue weighted by atomic mass is 10.0.